The van der Waals surface area contributed by atoms with Gasteiger partial charge in [0.05, 0.1) is 11.5 Å². The topological polar surface area (TPSA) is 109 Å². The van der Waals surface area contributed by atoms with Crippen molar-refractivity contribution in [1.82, 2.24) is 5.32 Å². The van der Waals surface area contributed by atoms with Gasteiger partial charge in [0, 0.05) is 18.4 Å². The molecule has 0 fully saturated rings. The van der Waals surface area contributed by atoms with Crippen molar-refractivity contribution < 1.29 is 18.3 Å². The third kappa shape index (κ3) is 7.22. The molecule has 20 heavy (non-hydrogen) atoms. The highest BCUT2D eigenvalue weighted by Crippen LogP contribution is 2.11. The summed E-state index contributed by atoms with van der Waals surface area (Å²) in [5.41, 5.74) is 5.29. The molecule has 4 N–H and O–H groups in total. The van der Waals surface area contributed by atoms with E-state index in [4.69, 9.17) is 10.8 Å². The fourth-order valence-electron chi connectivity index (χ4n) is 1.14. The maximum Gasteiger partial charge on any atom is 0.251 e. The Hall–Kier alpha value is -1.44. The molecule has 1 aromatic rings. The smallest absolute Gasteiger partial charge is 0.251 e. The highest BCUT2D eigenvalue weighted by Gasteiger charge is 2.10. The SMILES string of the molecule is CCCN.CS(=O)(=O)c1cccc(C(=O)NCCO)c1. The number of hydrogen-bond acceptors (Lipinski definition) is 5. The van der Waals surface area contributed by atoms with Crippen molar-refractivity contribution in [3.05, 3.63) is 29.8 Å². The number of aliphatic hydroxyl groups excluding tert-OH is 1. The van der Waals surface area contributed by atoms with Crippen molar-refractivity contribution in [3.63, 3.8) is 0 Å². The number of hydrogen-bond donors (Lipinski definition) is 3. The highest BCUT2D eigenvalue weighted by atomic mass is 32.2. The van der Waals surface area contributed by atoms with Crippen molar-refractivity contribution in [2.45, 2.75) is 18.2 Å². The van der Waals surface area contributed by atoms with Crippen LogP contribution in [0.5, 0.6) is 0 Å². The second-order valence-electron chi connectivity index (χ2n) is 4.07. The number of aliphatic hydroxyl groups is 1. The molecule has 0 unspecified atom stereocenters. The first-order valence-electron chi connectivity index (χ1n) is 6.26. The summed E-state index contributed by atoms with van der Waals surface area (Å²) in [5, 5.41) is 11.0. The minimum absolute atomic E-state index is 0.101. The van der Waals surface area contributed by atoms with Crippen LogP contribution >= 0.6 is 0 Å². The Morgan fingerprint density at radius 2 is 2.00 bits per heavy atom. The fourth-order valence-corrected chi connectivity index (χ4v) is 1.81. The number of benzene rings is 1. The Kier molecular flexibility index (Phi) is 8.78. The molecule has 114 valence electrons. The van der Waals surface area contributed by atoms with E-state index in [1.54, 1.807) is 0 Å². The van der Waals surface area contributed by atoms with Crippen LogP contribution in [0.1, 0.15) is 23.7 Å². The summed E-state index contributed by atoms with van der Waals surface area (Å²) in [7, 11) is -3.31. The average Bonchev–Trinajstić information content (AvgIpc) is 2.44. The van der Waals surface area contributed by atoms with Gasteiger partial charge in [-0.15, -0.1) is 0 Å². The first-order valence-corrected chi connectivity index (χ1v) is 8.15. The lowest BCUT2D eigenvalue weighted by Crippen LogP contribution is -2.26. The largest absolute Gasteiger partial charge is 0.395 e. The van der Waals surface area contributed by atoms with E-state index in [0.29, 0.717) is 0 Å². The molecule has 0 aromatic heterocycles. The van der Waals surface area contributed by atoms with Crippen LogP contribution in [-0.2, 0) is 9.84 Å². The van der Waals surface area contributed by atoms with Crippen molar-refractivity contribution in [1.29, 1.82) is 0 Å². The summed E-state index contributed by atoms with van der Waals surface area (Å²) < 4.78 is 22.5. The Bertz CT molecular complexity index is 513. The number of rotatable bonds is 5. The van der Waals surface area contributed by atoms with Crippen LogP contribution < -0.4 is 11.1 Å². The highest BCUT2D eigenvalue weighted by molar-refractivity contribution is 7.90. The number of nitrogens with one attached hydrogen (secondary N) is 1. The summed E-state index contributed by atoms with van der Waals surface area (Å²) >= 11 is 0. The maximum atomic E-state index is 11.5. The van der Waals surface area contributed by atoms with Gasteiger partial charge >= 0.3 is 0 Å². The van der Waals surface area contributed by atoms with E-state index in [-0.39, 0.29) is 23.6 Å². The van der Waals surface area contributed by atoms with Gasteiger partial charge in [0.2, 0.25) is 0 Å². The zero-order valence-corrected chi connectivity index (χ0v) is 12.6. The number of amides is 1. The second kappa shape index (κ2) is 9.46. The van der Waals surface area contributed by atoms with Crippen LogP contribution in [0.25, 0.3) is 0 Å². The van der Waals surface area contributed by atoms with Gasteiger partial charge in [0.25, 0.3) is 5.91 Å². The lowest BCUT2D eigenvalue weighted by molar-refractivity contribution is 0.0944. The van der Waals surface area contributed by atoms with E-state index in [0.717, 1.165) is 19.2 Å². The summed E-state index contributed by atoms with van der Waals surface area (Å²) in [4.78, 5) is 11.6. The molecular formula is C13H22N2O4S. The summed E-state index contributed by atoms with van der Waals surface area (Å²) in [6, 6.07) is 5.76. The van der Waals surface area contributed by atoms with E-state index in [2.05, 4.69) is 12.2 Å². The van der Waals surface area contributed by atoms with Gasteiger partial charge in [-0.1, -0.05) is 13.0 Å². The molecule has 0 saturated carbocycles. The monoisotopic (exact) mass is 302 g/mol. The first kappa shape index (κ1) is 18.6. The van der Waals surface area contributed by atoms with E-state index >= 15 is 0 Å². The first-order chi connectivity index (χ1) is 9.36. The molecule has 7 heteroatoms. The molecule has 0 aliphatic rings. The van der Waals surface area contributed by atoms with Gasteiger partial charge in [0.15, 0.2) is 9.84 Å². The molecule has 1 aromatic carbocycles. The van der Waals surface area contributed by atoms with E-state index in [1.807, 2.05) is 0 Å². The molecule has 0 saturated heterocycles. The van der Waals surface area contributed by atoms with E-state index < -0.39 is 15.7 Å². The predicted octanol–water partition coefficient (Wildman–Crippen LogP) is 0.167. The Labute approximate surface area is 119 Å². The van der Waals surface area contributed by atoms with Gasteiger partial charge < -0.3 is 16.2 Å². The molecule has 0 heterocycles. The Morgan fingerprint density at radius 1 is 1.40 bits per heavy atom. The molecule has 1 amide bonds. The van der Waals surface area contributed by atoms with Crippen LogP contribution in [-0.4, -0.2) is 45.4 Å². The normalized spacial score (nSPS) is 10.4. The lowest BCUT2D eigenvalue weighted by atomic mass is 10.2. The van der Waals surface area contributed by atoms with Crippen LogP contribution in [0.3, 0.4) is 0 Å². The molecule has 0 bridgehead atoms. The van der Waals surface area contributed by atoms with Crippen molar-refractivity contribution >= 4 is 15.7 Å². The Balaban J connectivity index is 0.000000796. The molecule has 1 rings (SSSR count). The standard InChI is InChI=1S/C10H13NO4S.C3H9N/c1-16(14,15)9-4-2-3-8(7-9)10(13)11-5-6-12;1-2-3-4/h2-4,7,12H,5-6H2,1H3,(H,11,13);2-4H2,1H3. The Morgan fingerprint density at radius 3 is 2.45 bits per heavy atom. The minimum Gasteiger partial charge on any atom is -0.395 e. The predicted molar refractivity (Wildman–Crippen MR) is 78.3 cm³/mol. The zero-order valence-electron chi connectivity index (χ0n) is 11.8. The molecule has 0 radical (unpaired) electrons. The van der Waals surface area contributed by atoms with Crippen LogP contribution in [0.4, 0.5) is 0 Å². The van der Waals surface area contributed by atoms with Gasteiger partial charge in [-0.2, -0.15) is 0 Å². The maximum absolute atomic E-state index is 11.5. The molecule has 0 spiro atoms. The third-order valence-corrected chi connectivity index (χ3v) is 3.32. The summed E-state index contributed by atoms with van der Waals surface area (Å²) in [5.74, 6) is -0.403. The number of carbonyl (C=O) groups excluding carboxylic acids is 1. The summed E-state index contributed by atoms with van der Waals surface area (Å²) in [6.45, 7) is 2.86. The molecule has 6 nitrogen and oxygen atoms in total. The molecule has 0 atom stereocenters. The molecule has 0 aliphatic heterocycles. The summed E-state index contributed by atoms with van der Waals surface area (Å²) in [6.07, 6.45) is 2.18. The fraction of sp³-hybridized carbons (Fsp3) is 0.462. The number of sulfone groups is 1. The average molecular weight is 302 g/mol. The van der Waals surface area contributed by atoms with Crippen molar-refractivity contribution in [2.24, 2.45) is 5.73 Å². The van der Waals surface area contributed by atoms with Crippen molar-refractivity contribution in [2.75, 3.05) is 26.0 Å². The minimum atomic E-state index is -3.31. The number of carbonyl (C=O) groups is 1. The van der Waals surface area contributed by atoms with E-state index in [9.17, 15) is 13.2 Å². The molecular weight excluding hydrogens is 280 g/mol. The van der Waals surface area contributed by atoms with Gasteiger partial charge in [0.1, 0.15) is 0 Å². The van der Waals surface area contributed by atoms with Crippen LogP contribution in [0.15, 0.2) is 29.2 Å². The lowest BCUT2D eigenvalue weighted by Gasteiger charge is -2.04. The van der Waals surface area contributed by atoms with Gasteiger partial charge in [-0.25, -0.2) is 8.42 Å². The quantitative estimate of drug-likeness (QED) is 0.718. The second-order valence-corrected chi connectivity index (χ2v) is 6.08. The van der Waals surface area contributed by atoms with Crippen molar-refractivity contribution in [3.8, 4) is 0 Å². The van der Waals surface area contributed by atoms with Gasteiger partial charge in [-0.3, -0.25) is 4.79 Å². The molecule has 0 aliphatic carbocycles. The van der Waals surface area contributed by atoms with Crippen LogP contribution in [0, 0.1) is 0 Å². The number of nitrogens with two attached hydrogens (primary N) is 1. The zero-order chi connectivity index (χ0) is 15.6. The van der Waals surface area contributed by atoms with Gasteiger partial charge in [-0.05, 0) is 31.2 Å². The van der Waals surface area contributed by atoms with E-state index in [1.165, 1.54) is 24.3 Å². The van der Waals surface area contributed by atoms with Crippen LogP contribution in [0.2, 0.25) is 0 Å². The third-order valence-electron chi connectivity index (χ3n) is 2.21.